The third kappa shape index (κ3) is 3.73. The average molecular weight is 330 g/mol. The van der Waals surface area contributed by atoms with Crippen LogP contribution in [0.1, 0.15) is 24.1 Å². The molecule has 0 spiro atoms. The molecule has 1 nitrogen and oxygen atoms in total. The van der Waals surface area contributed by atoms with Crippen molar-refractivity contribution in [3.05, 3.63) is 69.2 Å². The van der Waals surface area contributed by atoms with Gasteiger partial charge in [0.15, 0.2) is 0 Å². The van der Waals surface area contributed by atoms with Crippen molar-refractivity contribution in [3.8, 4) is 0 Å². The Morgan fingerprint density at radius 3 is 2.29 bits per heavy atom. The quantitative estimate of drug-likeness (QED) is 0.798. The van der Waals surface area contributed by atoms with Crippen molar-refractivity contribution in [2.24, 2.45) is 0 Å². The van der Waals surface area contributed by atoms with Gasteiger partial charge in [0, 0.05) is 6.04 Å². The normalized spacial score (nSPS) is 12.4. The van der Waals surface area contributed by atoms with E-state index in [0.29, 0.717) is 24.1 Å². The molecule has 0 saturated carbocycles. The monoisotopic (exact) mass is 329 g/mol. The van der Waals surface area contributed by atoms with Crippen molar-refractivity contribution < 1.29 is 8.78 Å². The summed E-state index contributed by atoms with van der Waals surface area (Å²) >= 11 is 12.0. The minimum absolute atomic E-state index is 0.0796. The number of hydrogen-bond donors (Lipinski definition) is 1. The lowest BCUT2D eigenvalue weighted by atomic mass is 9.98. The predicted octanol–water partition coefficient (Wildman–Crippen LogP) is 5.16. The van der Waals surface area contributed by atoms with E-state index in [2.05, 4.69) is 5.32 Å². The fourth-order valence-corrected chi connectivity index (χ4v) is 2.71. The standard InChI is InChI=1S/C16H15Cl2F2N/c1-2-21-14(11-6-4-8-13(20)16(11)18)9-10-5-3-7-12(19)15(10)17/h3-8,14,21H,2,9H2,1H3. The maximum atomic E-state index is 13.6. The topological polar surface area (TPSA) is 12.0 Å². The van der Waals surface area contributed by atoms with Crippen molar-refractivity contribution in [2.75, 3.05) is 6.54 Å². The fraction of sp³-hybridized carbons (Fsp3) is 0.250. The molecule has 2 rings (SSSR count). The largest absolute Gasteiger partial charge is 0.310 e. The fourth-order valence-electron chi connectivity index (χ4n) is 2.25. The maximum absolute atomic E-state index is 13.6. The summed E-state index contributed by atoms with van der Waals surface area (Å²) in [6.07, 6.45) is 0.424. The minimum atomic E-state index is -0.470. The van der Waals surface area contributed by atoms with E-state index in [9.17, 15) is 8.78 Å². The molecule has 0 aliphatic carbocycles. The number of nitrogens with one attached hydrogen (secondary N) is 1. The summed E-state index contributed by atoms with van der Waals surface area (Å²) in [4.78, 5) is 0. The van der Waals surface area contributed by atoms with E-state index >= 15 is 0 Å². The molecule has 0 fully saturated rings. The lowest BCUT2D eigenvalue weighted by Crippen LogP contribution is -2.23. The van der Waals surface area contributed by atoms with Crippen molar-refractivity contribution in [3.63, 3.8) is 0 Å². The Balaban J connectivity index is 2.35. The van der Waals surface area contributed by atoms with Crippen molar-refractivity contribution in [2.45, 2.75) is 19.4 Å². The molecule has 0 bridgehead atoms. The zero-order valence-corrected chi connectivity index (χ0v) is 13.0. The number of benzene rings is 2. The molecule has 0 aliphatic rings. The van der Waals surface area contributed by atoms with E-state index in [4.69, 9.17) is 23.2 Å². The Morgan fingerprint density at radius 2 is 1.62 bits per heavy atom. The van der Waals surface area contributed by atoms with Crippen LogP contribution in [0.5, 0.6) is 0 Å². The number of halogens is 4. The Labute approximate surface area is 132 Å². The Kier molecular flexibility index (Phi) is 5.57. The minimum Gasteiger partial charge on any atom is -0.310 e. The van der Waals surface area contributed by atoms with Gasteiger partial charge in [0.25, 0.3) is 0 Å². The Bertz CT molecular complexity index is 632. The van der Waals surface area contributed by atoms with Crippen molar-refractivity contribution in [1.82, 2.24) is 5.32 Å². The number of rotatable bonds is 5. The molecule has 1 atom stereocenters. The van der Waals surface area contributed by atoms with Crippen molar-refractivity contribution >= 4 is 23.2 Å². The molecular weight excluding hydrogens is 315 g/mol. The summed E-state index contributed by atoms with van der Waals surface area (Å²) in [5.41, 5.74) is 1.29. The first kappa shape index (κ1) is 16.2. The first-order chi connectivity index (χ1) is 10.0. The van der Waals surface area contributed by atoms with Gasteiger partial charge in [0.05, 0.1) is 10.0 Å². The number of likely N-dealkylation sites (N-methyl/N-ethyl adjacent to an activating group) is 1. The molecule has 0 saturated heterocycles. The van der Waals surface area contributed by atoms with Crippen LogP contribution in [-0.4, -0.2) is 6.54 Å². The summed E-state index contributed by atoms with van der Waals surface area (Å²) in [7, 11) is 0. The smallest absolute Gasteiger partial charge is 0.142 e. The van der Waals surface area contributed by atoms with E-state index in [0.717, 1.165) is 0 Å². The van der Waals surface area contributed by atoms with Gasteiger partial charge in [0.1, 0.15) is 11.6 Å². The van der Waals surface area contributed by atoms with Crippen LogP contribution < -0.4 is 5.32 Å². The first-order valence-electron chi connectivity index (χ1n) is 6.64. The molecule has 0 radical (unpaired) electrons. The van der Waals surface area contributed by atoms with Crippen LogP contribution in [0.25, 0.3) is 0 Å². The van der Waals surface area contributed by atoms with Crippen LogP contribution in [0.4, 0.5) is 8.78 Å². The molecule has 0 amide bonds. The van der Waals surface area contributed by atoms with Gasteiger partial charge in [-0.05, 0) is 36.2 Å². The van der Waals surface area contributed by atoms with E-state index in [1.165, 1.54) is 12.1 Å². The second kappa shape index (κ2) is 7.21. The predicted molar refractivity (Wildman–Crippen MR) is 82.9 cm³/mol. The van der Waals surface area contributed by atoms with Crippen LogP contribution in [0, 0.1) is 11.6 Å². The number of hydrogen-bond acceptors (Lipinski definition) is 1. The zero-order chi connectivity index (χ0) is 15.4. The molecule has 1 N–H and O–H groups in total. The molecule has 5 heteroatoms. The second-order valence-corrected chi connectivity index (χ2v) is 5.43. The zero-order valence-electron chi connectivity index (χ0n) is 11.5. The molecule has 0 aromatic heterocycles. The van der Waals surface area contributed by atoms with Gasteiger partial charge in [-0.3, -0.25) is 0 Å². The van der Waals surface area contributed by atoms with Gasteiger partial charge in [-0.1, -0.05) is 54.4 Å². The highest BCUT2D eigenvalue weighted by atomic mass is 35.5. The summed E-state index contributed by atoms with van der Waals surface area (Å²) in [6.45, 7) is 2.61. The second-order valence-electron chi connectivity index (χ2n) is 4.67. The first-order valence-corrected chi connectivity index (χ1v) is 7.40. The van der Waals surface area contributed by atoms with Crippen LogP contribution >= 0.6 is 23.2 Å². The molecular formula is C16H15Cl2F2N. The Morgan fingerprint density at radius 1 is 1.00 bits per heavy atom. The van der Waals surface area contributed by atoms with Crippen LogP contribution in [-0.2, 0) is 6.42 Å². The lowest BCUT2D eigenvalue weighted by molar-refractivity contribution is 0.540. The molecule has 2 aromatic rings. The molecule has 0 heterocycles. The summed E-state index contributed by atoms with van der Waals surface area (Å²) in [5, 5.41) is 3.40. The van der Waals surface area contributed by atoms with E-state index in [-0.39, 0.29) is 16.1 Å². The summed E-state index contributed by atoms with van der Waals surface area (Å²) in [5.74, 6) is -0.933. The molecule has 21 heavy (non-hydrogen) atoms. The van der Waals surface area contributed by atoms with Gasteiger partial charge < -0.3 is 5.32 Å². The van der Waals surface area contributed by atoms with E-state index in [1.807, 2.05) is 6.92 Å². The van der Waals surface area contributed by atoms with E-state index in [1.54, 1.807) is 24.3 Å². The van der Waals surface area contributed by atoms with Gasteiger partial charge in [-0.25, -0.2) is 8.78 Å². The van der Waals surface area contributed by atoms with Gasteiger partial charge >= 0.3 is 0 Å². The molecule has 112 valence electrons. The average Bonchev–Trinajstić information content (AvgIpc) is 2.46. The van der Waals surface area contributed by atoms with Crippen molar-refractivity contribution in [1.29, 1.82) is 0 Å². The van der Waals surface area contributed by atoms with Gasteiger partial charge in [0.2, 0.25) is 0 Å². The third-order valence-electron chi connectivity index (χ3n) is 3.26. The van der Waals surface area contributed by atoms with Crippen LogP contribution in [0.2, 0.25) is 10.0 Å². The third-order valence-corrected chi connectivity index (χ3v) is 4.09. The molecule has 2 aromatic carbocycles. The highest BCUT2D eigenvalue weighted by Crippen LogP contribution is 2.30. The highest BCUT2D eigenvalue weighted by Gasteiger charge is 2.18. The Hall–Kier alpha value is -1.16. The van der Waals surface area contributed by atoms with Gasteiger partial charge in [-0.2, -0.15) is 0 Å². The summed E-state index contributed by atoms with van der Waals surface area (Å²) < 4.78 is 27.1. The van der Waals surface area contributed by atoms with Crippen LogP contribution in [0.3, 0.4) is 0 Å². The van der Waals surface area contributed by atoms with Gasteiger partial charge in [-0.15, -0.1) is 0 Å². The van der Waals surface area contributed by atoms with Crippen LogP contribution in [0.15, 0.2) is 36.4 Å². The lowest BCUT2D eigenvalue weighted by Gasteiger charge is -2.20. The molecule has 1 unspecified atom stereocenters. The van der Waals surface area contributed by atoms with E-state index < -0.39 is 11.6 Å². The maximum Gasteiger partial charge on any atom is 0.142 e. The summed E-state index contributed by atoms with van der Waals surface area (Å²) in [6, 6.07) is 9.10. The molecule has 0 aliphatic heterocycles. The SMILES string of the molecule is CCNC(Cc1cccc(F)c1Cl)c1cccc(F)c1Cl. The highest BCUT2D eigenvalue weighted by molar-refractivity contribution is 6.32.